The smallest absolute Gasteiger partial charge is 0.306 e. The zero-order chi connectivity index (χ0) is 43.1. The van der Waals surface area contributed by atoms with Crippen molar-refractivity contribution in [1.29, 1.82) is 0 Å². The molecule has 0 radical (unpaired) electrons. The summed E-state index contributed by atoms with van der Waals surface area (Å²) in [5.41, 5.74) is 0. The number of nitrogens with one attached hydrogen (secondary N) is 1. The van der Waals surface area contributed by atoms with Crippen LogP contribution in [-0.4, -0.2) is 46.9 Å². The number of hydrogen-bond donors (Lipinski definition) is 3. The van der Waals surface area contributed by atoms with E-state index in [1.807, 2.05) is 0 Å². The van der Waals surface area contributed by atoms with E-state index in [0.717, 1.165) is 70.6 Å². The van der Waals surface area contributed by atoms with Gasteiger partial charge in [-0.05, 0) is 51.4 Å². The van der Waals surface area contributed by atoms with E-state index in [2.05, 4.69) is 62.5 Å². The van der Waals surface area contributed by atoms with Crippen LogP contribution in [0.5, 0.6) is 0 Å². The normalized spacial score (nSPS) is 13.5. The van der Waals surface area contributed by atoms with Gasteiger partial charge in [0.2, 0.25) is 5.91 Å². The highest BCUT2D eigenvalue weighted by molar-refractivity contribution is 5.77. The maximum absolute atomic E-state index is 13.2. The highest BCUT2D eigenvalue weighted by Crippen LogP contribution is 2.18. The zero-order valence-electron chi connectivity index (χ0n) is 39.4. The number of hydrogen-bond acceptors (Lipinski definition) is 5. The van der Waals surface area contributed by atoms with Crippen LogP contribution in [0.25, 0.3) is 0 Å². The molecule has 0 aromatic rings. The summed E-state index contributed by atoms with van der Waals surface area (Å²) >= 11 is 0. The van der Waals surface area contributed by atoms with E-state index >= 15 is 0 Å². The van der Waals surface area contributed by atoms with E-state index in [0.29, 0.717) is 19.3 Å². The molecule has 0 aliphatic carbocycles. The Morgan fingerprint density at radius 3 is 1.31 bits per heavy atom. The van der Waals surface area contributed by atoms with Gasteiger partial charge in [0.05, 0.1) is 25.2 Å². The third-order valence-corrected chi connectivity index (χ3v) is 11.8. The Kier molecular flexibility index (Phi) is 45.6. The van der Waals surface area contributed by atoms with Crippen molar-refractivity contribution < 1.29 is 24.5 Å². The zero-order valence-corrected chi connectivity index (χ0v) is 39.4. The summed E-state index contributed by atoms with van der Waals surface area (Å²) in [6.45, 7) is 6.46. The number of unbranched alkanes of at least 4 members (excludes halogenated alkanes) is 30. The average molecular weight is 830 g/mol. The van der Waals surface area contributed by atoms with Gasteiger partial charge in [0.15, 0.2) is 0 Å². The van der Waals surface area contributed by atoms with Gasteiger partial charge < -0.3 is 20.3 Å². The van der Waals surface area contributed by atoms with Crippen LogP contribution in [0, 0.1) is 0 Å². The molecule has 0 fully saturated rings. The summed E-state index contributed by atoms with van der Waals surface area (Å²) in [5, 5.41) is 23.7. The van der Waals surface area contributed by atoms with Crippen molar-refractivity contribution in [2.45, 2.75) is 283 Å². The fourth-order valence-electron chi connectivity index (χ4n) is 7.84. The Morgan fingerprint density at radius 1 is 0.492 bits per heavy atom. The van der Waals surface area contributed by atoms with Crippen LogP contribution in [0.1, 0.15) is 265 Å². The van der Waals surface area contributed by atoms with Gasteiger partial charge in [-0.15, -0.1) is 0 Å². The Bertz CT molecular complexity index is 977. The van der Waals surface area contributed by atoms with Crippen LogP contribution in [0.2, 0.25) is 0 Å². The first-order chi connectivity index (χ1) is 29.0. The standard InChI is InChI=1S/C53H99NO5/c1-4-7-10-13-16-19-22-25-26-27-28-29-32-35-38-41-44-49(59-53(58)46-43-40-37-34-31-24-21-18-15-12-9-6-3)47-52(57)54-50(48-55)51(56)45-42-39-36-33-30-23-20-17-14-11-8-5-2/h22,25-29,49-51,55-56H,4-21,23-24,30-48H2,1-3H3,(H,54,57)/b25-22+,27-26+,29-28+. The fourth-order valence-corrected chi connectivity index (χ4v) is 7.84. The minimum absolute atomic E-state index is 0.0585. The molecule has 0 aromatic carbocycles. The number of carbonyl (C=O) groups excluding carboxylic acids is 2. The van der Waals surface area contributed by atoms with E-state index in [1.54, 1.807) is 0 Å². The van der Waals surface area contributed by atoms with Crippen molar-refractivity contribution in [2.75, 3.05) is 6.61 Å². The van der Waals surface area contributed by atoms with Gasteiger partial charge in [-0.1, -0.05) is 237 Å². The minimum atomic E-state index is -0.793. The SMILES string of the molecule is CCCCCCC/C=C/C=C/C=C/CCCCCC(CC(=O)NC(CO)C(O)CCCCCCCCCCCCCC)OC(=O)CCCCCCCCCCCCCC. The number of rotatable bonds is 46. The summed E-state index contributed by atoms with van der Waals surface area (Å²) in [5.74, 6) is -0.498. The number of amides is 1. The second kappa shape index (κ2) is 47.1. The highest BCUT2D eigenvalue weighted by atomic mass is 16.5. The summed E-state index contributed by atoms with van der Waals surface area (Å²) in [4.78, 5) is 26.1. The molecule has 6 nitrogen and oxygen atoms in total. The first kappa shape index (κ1) is 57.1. The van der Waals surface area contributed by atoms with E-state index in [9.17, 15) is 19.8 Å². The van der Waals surface area contributed by atoms with E-state index in [1.165, 1.54) is 148 Å². The molecule has 1 amide bonds. The lowest BCUT2D eigenvalue weighted by atomic mass is 10.0. The maximum Gasteiger partial charge on any atom is 0.306 e. The molecule has 0 aliphatic heterocycles. The van der Waals surface area contributed by atoms with Gasteiger partial charge in [-0.25, -0.2) is 0 Å². The molecule has 0 bridgehead atoms. The Labute approximate surface area is 366 Å². The molecule has 3 unspecified atom stereocenters. The predicted octanol–water partition coefficient (Wildman–Crippen LogP) is 15.3. The van der Waals surface area contributed by atoms with Gasteiger partial charge >= 0.3 is 5.97 Å². The molecule has 0 saturated carbocycles. The largest absolute Gasteiger partial charge is 0.462 e. The summed E-state index contributed by atoms with van der Waals surface area (Å²) in [6, 6.07) is -0.709. The van der Waals surface area contributed by atoms with Crippen LogP contribution in [0.15, 0.2) is 36.5 Å². The van der Waals surface area contributed by atoms with Crippen LogP contribution in [0.4, 0.5) is 0 Å². The lowest BCUT2D eigenvalue weighted by Gasteiger charge is -2.24. The summed E-state index contributed by atoms with van der Waals surface area (Å²) in [7, 11) is 0. The number of aliphatic hydroxyl groups excluding tert-OH is 2. The number of esters is 1. The van der Waals surface area contributed by atoms with Crippen molar-refractivity contribution in [3.63, 3.8) is 0 Å². The van der Waals surface area contributed by atoms with Crippen LogP contribution in [-0.2, 0) is 14.3 Å². The molecule has 0 aliphatic rings. The highest BCUT2D eigenvalue weighted by Gasteiger charge is 2.24. The predicted molar refractivity (Wildman–Crippen MR) is 255 cm³/mol. The number of carbonyl (C=O) groups is 2. The molecule has 0 heterocycles. The maximum atomic E-state index is 13.2. The summed E-state index contributed by atoms with van der Waals surface area (Å²) < 4.78 is 5.92. The Balaban J connectivity index is 4.65. The lowest BCUT2D eigenvalue weighted by molar-refractivity contribution is -0.151. The van der Waals surface area contributed by atoms with Gasteiger partial charge in [-0.3, -0.25) is 9.59 Å². The van der Waals surface area contributed by atoms with Gasteiger partial charge in [0.25, 0.3) is 0 Å². The fraction of sp³-hybridized carbons (Fsp3) is 0.849. The van der Waals surface area contributed by atoms with Crippen molar-refractivity contribution in [2.24, 2.45) is 0 Å². The van der Waals surface area contributed by atoms with E-state index in [-0.39, 0.29) is 24.9 Å². The molecular weight excluding hydrogens is 731 g/mol. The molecule has 0 rings (SSSR count). The monoisotopic (exact) mass is 830 g/mol. The number of aliphatic hydroxyl groups is 2. The summed E-state index contributed by atoms with van der Waals surface area (Å²) in [6.07, 6.45) is 54.8. The quantitative estimate of drug-likeness (QED) is 0.0323. The minimum Gasteiger partial charge on any atom is -0.462 e. The first-order valence-electron chi connectivity index (χ1n) is 25.7. The van der Waals surface area contributed by atoms with E-state index in [4.69, 9.17) is 4.74 Å². The van der Waals surface area contributed by atoms with Crippen molar-refractivity contribution in [3.05, 3.63) is 36.5 Å². The van der Waals surface area contributed by atoms with Crippen molar-refractivity contribution in [1.82, 2.24) is 5.32 Å². The lowest BCUT2D eigenvalue weighted by Crippen LogP contribution is -2.46. The van der Waals surface area contributed by atoms with Gasteiger partial charge in [0.1, 0.15) is 6.10 Å². The van der Waals surface area contributed by atoms with Crippen LogP contribution in [0.3, 0.4) is 0 Å². The van der Waals surface area contributed by atoms with E-state index < -0.39 is 18.2 Å². The molecular formula is C53H99NO5. The Hall–Kier alpha value is -1.92. The van der Waals surface area contributed by atoms with Gasteiger partial charge in [0, 0.05) is 6.42 Å². The molecule has 3 N–H and O–H groups in total. The van der Waals surface area contributed by atoms with Gasteiger partial charge in [-0.2, -0.15) is 0 Å². The molecule has 346 valence electrons. The molecule has 0 saturated heterocycles. The molecule has 6 heteroatoms. The van der Waals surface area contributed by atoms with Crippen LogP contribution >= 0.6 is 0 Å². The number of ether oxygens (including phenoxy) is 1. The topological polar surface area (TPSA) is 95.9 Å². The second-order valence-corrected chi connectivity index (χ2v) is 17.6. The average Bonchev–Trinajstić information content (AvgIpc) is 3.23. The molecule has 59 heavy (non-hydrogen) atoms. The third-order valence-electron chi connectivity index (χ3n) is 11.8. The second-order valence-electron chi connectivity index (χ2n) is 17.6. The first-order valence-corrected chi connectivity index (χ1v) is 25.7. The number of allylic oxidation sites excluding steroid dienone is 6. The third kappa shape index (κ3) is 42.6. The molecule has 3 atom stereocenters. The van der Waals surface area contributed by atoms with Crippen molar-refractivity contribution >= 4 is 11.9 Å². The molecule has 0 spiro atoms. The van der Waals surface area contributed by atoms with Crippen LogP contribution < -0.4 is 5.32 Å². The Morgan fingerprint density at radius 2 is 0.864 bits per heavy atom. The van der Waals surface area contributed by atoms with Crippen molar-refractivity contribution in [3.8, 4) is 0 Å². The molecule has 0 aromatic heterocycles.